The summed E-state index contributed by atoms with van der Waals surface area (Å²) in [5.74, 6) is -0.137. The summed E-state index contributed by atoms with van der Waals surface area (Å²) in [5, 5.41) is 12.4. The Morgan fingerprint density at radius 1 is 0.559 bits per heavy atom. The number of aliphatic hydroxyl groups excluding tert-OH is 1. The summed E-state index contributed by atoms with van der Waals surface area (Å²) in [6, 6.07) is 49.7. The molecule has 59 heavy (non-hydrogen) atoms. The van der Waals surface area contributed by atoms with Crippen molar-refractivity contribution in [1.29, 1.82) is 0 Å². The van der Waals surface area contributed by atoms with E-state index in [1.807, 2.05) is 152 Å². The fourth-order valence-electron chi connectivity index (χ4n) is 8.21. The van der Waals surface area contributed by atoms with Gasteiger partial charge in [-0.15, -0.1) is 0 Å². The Balaban J connectivity index is 1.09. The Morgan fingerprint density at radius 2 is 1.05 bits per heavy atom. The Hall–Kier alpha value is -4.30. The smallest absolute Gasteiger partial charge is 0.186 e. The second kappa shape index (κ2) is 20.8. The van der Waals surface area contributed by atoms with Gasteiger partial charge in [-0.25, -0.2) is 0 Å². The van der Waals surface area contributed by atoms with E-state index < -0.39 is 61.4 Å². The predicted octanol–water partition coefficient (Wildman–Crippen LogP) is 7.58. The van der Waals surface area contributed by atoms with Crippen molar-refractivity contribution < 1.29 is 47.7 Å². The summed E-state index contributed by atoms with van der Waals surface area (Å²) < 4.78 is 59.4. The lowest BCUT2D eigenvalue weighted by atomic mass is 9.80. The van der Waals surface area contributed by atoms with Crippen molar-refractivity contribution in [3.05, 3.63) is 179 Å². The van der Waals surface area contributed by atoms with Crippen LogP contribution in [0.25, 0.3) is 0 Å². The molecule has 0 unspecified atom stereocenters. The summed E-state index contributed by atoms with van der Waals surface area (Å²) in [7, 11) is 1.60. The largest absolute Gasteiger partial charge is 0.388 e. The molecule has 10 nitrogen and oxygen atoms in total. The van der Waals surface area contributed by atoms with Gasteiger partial charge >= 0.3 is 0 Å². The minimum atomic E-state index is -1.07. The second-order valence-electron chi connectivity index (χ2n) is 15.4. The molecular weight excluding hydrogens is 749 g/mol. The van der Waals surface area contributed by atoms with Gasteiger partial charge in [0.05, 0.1) is 51.8 Å². The van der Waals surface area contributed by atoms with E-state index in [4.69, 9.17) is 42.6 Å². The molecule has 5 aromatic carbocycles. The van der Waals surface area contributed by atoms with E-state index in [2.05, 4.69) is 0 Å². The third kappa shape index (κ3) is 10.7. The summed E-state index contributed by atoms with van der Waals surface area (Å²) >= 11 is 0. The minimum Gasteiger partial charge on any atom is -0.388 e. The predicted molar refractivity (Wildman–Crippen MR) is 220 cm³/mol. The normalized spacial score (nSPS) is 29.4. The fourth-order valence-corrected chi connectivity index (χ4v) is 8.21. The molecule has 0 aromatic heterocycles. The lowest BCUT2D eigenvalue weighted by Crippen LogP contribution is -2.65. The first-order valence-electron chi connectivity index (χ1n) is 20.5. The first kappa shape index (κ1) is 41.4. The van der Waals surface area contributed by atoms with E-state index in [1.54, 1.807) is 7.11 Å². The van der Waals surface area contributed by atoms with Gasteiger partial charge in [-0.3, -0.25) is 0 Å². The average Bonchev–Trinajstić information content (AvgIpc) is 3.29. The van der Waals surface area contributed by atoms with Crippen LogP contribution in [0.15, 0.2) is 152 Å². The van der Waals surface area contributed by atoms with Gasteiger partial charge in [-0.2, -0.15) is 0 Å². The third-order valence-electron chi connectivity index (χ3n) is 11.3. The van der Waals surface area contributed by atoms with Gasteiger partial charge < -0.3 is 47.7 Å². The molecule has 2 aliphatic heterocycles. The summed E-state index contributed by atoms with van der Waals surface area (Å²) in [4.78, 5) is 0. The third-order valence-corrected chi connectivity index (χ3v) is 11.3. The fraction of sp³-hybridized carbons (Fsp3) is 0.388. The molecule has 1 aliphatic carbocycles. The lowest BCUT2D eigenvalue weighted by molar-refractivity contribution is -0.342. The first-order valence-corrected chi connectivity index (χ1v) is 20.5. The zero-order chi connectivity index (χ0) is 40.2. The highest BCUT2D eigenvalue weighted by atomic mass is 16.7. The van der Waals surface area contributed by atoms with Crippen molar-refractivity contribution in [1.82, 2.24) is 0 Å². The van der Waals surface area contributed by atoms with Crippen molar-refractivity contribution in [2.45, 2.75) is 94.3 Å². The van der Waals surface area contributed by atoms with Crippen LogP contribution in [0.2, 0.25) is 0 Å². The molecule has 10 heteroatoms. The van der Waals surface area contributed by atoms with E-state index in [9.17, 15) is 5.11 Å². The lowest BCUT2D eigenvalue weighted by Gasteiger charge is -2.51. The highest BCUT2D eigenvalue weighted by molar-refractivity contribution is 5.18. The number of benzene rings is 5. The van der Waals surface area contributed by atoms with Crippen LogP contribution in [0, 0.1) is 5.92 Å². The molecule has 1 N–H and O–H groups in total. The quantitative estimate of drug-likeness (QED) is 0.101. The molecule has 2 saturated heterocycles. The van der Waals surface area contributed by atoms with Crippen LogP contribution < -0.4 is 0 Å². The van der Waals surface area contributed by atoms with Gasteiger partial charge in [0.25, 0.3) is 0 Å². The van der Waals surface area contributed by atoms with Crippen LogP contribution >= 0.6 is 0 Å². The van der Waals surface area contributed by atoms with Gasteiger partial charge in [-0.05, 0) is 28.7 Å². The van der Waals surface area contributed by atoms with Crippen LogP contribution in [0.1, 0.15) is 40.5 Å². The van der Waals surface area contributed by atoms with E-state index >= 15 is 0 Å². The van der Waals surface area contributed by atoms with Crippen LogP contribution in [-0.2, 0) is 69.1 Å². The van der Waals surface area contributed by atoms with E-state index in [1.165, 1.54) is 0 Å². The first-order chi connectivity index (χ1) is 29.1. The van der Waals surface area contributed by atoms with Crippen molar-refractivity contribution in [2.24, 2.45) is 5.92 Å². The molecule has 3 aliphatic rings. The number of rotatable bonds is 17. The molecule has 5 aromatic rings. The van der Waals surface area contributed by atoms with Gasteiger partial charge in [0, 0.05) is 18.6 Å². The number of aliphatic hydroxyl groups is 1. The zero-order valence-electron chi connectivity index (χ0n) is 33.4. The number of hydrogen-bond acceptors (Lipinski definition) is 10. The van der Waals surface area contributed by atoms with Crippen molar-refractivity contribution in [3.8, 4) is 0 Å². The standard InChI is InChI=1S/C49H54O10/c1-51-49-47(55-31-37-23-13-5-14-24-37)46(54-30-36-21-11-4-12-22-36)44(41(58-49)33-52-28-34-17-7-2-8-18-34)57-40-27-39-32-56-48(38-25-15-6-16-26-38)59-43(39)45(42(40)50)53-29-35-19-9-3-10-20-35/h2-26,39-50H,27-33H2,1H3/t39-,40+,41-,42+,43-,44-,45-,46+,47-,48-,49+/m1/s1. The number of hydrogen-bond donors (Lipinski definition) is 1. The van der Waals surface area contributed by atoms with Crippen molar-refractivity contribution in [3.63, 3.8) is 0 Å². The number of ether oxygens (including phenoxy) is 9. The molecule has 1 saturated carbocycles. The van der Waals surface area contributed by atoms with Gasteiger partial charge in [0.1, 0.15) is 36.6 Å². The van der Waals surface area contributed by atoms with Crippen LogP contribution in [0.3, 0.4) is 0 Å². The van der Waals surface area contributed by atoms with Crippen LogP contribution in [-0.4, -0.2) is 80.6 Å². The highest BCUT2D eigenvalue weighted by Crippen LogP contribution is 2.41. The maximum absolute atomic E-state index is 12.4. The van der Waals surface area contributed by atoms with E-state index in [-0.39, 0.29) is 25.7 Å². The van der Waals surface area contributed by atoms with Gasteiger partial charge in [-0.1, -0.05) is 152 Å². The molecule has 0 bridgehead atoms. The molecule has 2 heterocycles. The second-order valence-corrected chi connectivity index (χ2v) is 15.4. The average molecular weight is 803 g/mol. The molecule has 11 atom stereocenters. The maximum Gasteiger partial charge on any atom is 0.186 e. The molecule has 0 radical (unpaired) electrons. The zero-order valence-corrected chi connectivity index (χ0v) is 33.4. The maximum atomic E-state index is 12.4. The van der Waals surface area contributed by atoms with E-state index in [0.29, 0.717) is 26.2 Å². The topological polar surface area (TPSA) is 103 Å². The minimum absolute atomic E-state index is 0.137. The summed E-state index contributed by atoms with van der Waals surface area (Å²) in [6.45, 7) is 1.81. The Morgan fingerprint density at radius 3 is 1.59 bits per heavy atom. The summed E-state index contributed by atoms with van der Waals surface area (Å²) in [6.07, 6.45) is -6.72. The number of fused-ring (bicyclic) bond motifs is 1. The SMILES string of the molecule is CO[C@H]1O[C@H](COCc2ccccc2)[C@@H](O[C@H]2C[C@@H]3CO[C@@H](c4ccccc4)O[C@H]3[C@H](OCc3ccccc3)[C@H]2O)[C@H](OCc2ccccc2)[C@H]1OCc1ccccc1. The highest BCUT2D eigenvalue weighted by Gasteiger charge is 2.54. The molecule has 8 rings (SSSR count). The van der Waals surface area contributed by atoms with Crippen molar-refractivity contribution >= 4 is 0 Å². The van der Waals surface area contributed by atoms with Crippen molar-refractivity contribution in [2.75, 3.05) is 20.3 Å². The molecule has 310 valence electrons. The Bertz CT molecular complexity index is 1940. The van der Waals surface area contributed by atoms with Gasteiger partial charge in [0.15, 0.2) is 12.6 Å². The monoisotopic (exact) mass is 802 g/mol. The molecular formula is C49H54O10. The van der Waals surface area contributed by atoms with E-state index in [0.717, 1.165) is 27.8 Å². The van der Waals surface area contributed by atoms with Crippen LogP contribution in [0.5, 0.6) is 0 Å². The summed E-state index contributed by atoms with van der Waals surface area (Å²) in [5.41, 5.74) is 4.91. The molecule has 0 amide bonds. The number of methoxy groups -OCH3 is 1. The Kier molecular flexibility index (Phi) is 14.6. The van der Waals surface area contributed by atoms with Crippen LogP contribution in [0.4, 0.5) is 0 Å². The molecule has 0 spiro atoms. The Labute approximate surface area is 346 Å². The van der Waals surface area contributed by atoms with Gasteiger partial charge in [0.2, 0.25) is 0 Å². The molecule has 3 fully saturated rings.